The van der Waals surface area contributed by atoms with Crippen molar-refractivity contribution in [1.29, 1.82) is 0 Å². The number of carbonyl (C=O) groups is 1. The molecule has 0 spiro atoms. The van der Waals surface area contributed by atoms with E-state index >= 15 is 0 Å². The number of rotatable bonds is 3. The third-order valence-corrected chi connectivity index (χ3v) is 4.33. The van der Waals surface area contributed by atoms with E-state index in [1.807, 2.05) is 6.07 Å². The predicted octanol–water partition coefficient (Wildman–Crippen LogP) is 0.701. The molecule has 0 radical (unpaired) electrons. The van der Waals surface area contributed by atoms with Crippen molar-refractivity contribution in [1.82, 2.24) is 24.4 Å². The van der Waals surface area contributed by atoms with E-state index in [1.165, 1.54) is 10.9 Å². The number of nitrogens with two attached hydrogens (primary N) is 1. The second-order valence-electron chi connectivity index (χ2n) is 5.96. The van der Waals surface area contributed by atoms with Crippen LogP contribution in [0.25, 0.3) is 10.9 Å². The van der Waals surface area contributed by atoms with E-state index in [1.54, 1.807) is 29.3 Å². The normalized spacial score (nSPS) is 13.2. The number of amides is 1. The lowest BCUT2D eigenvalue weighted by Crippen LogP contribution is -2.28. The highest BCUT2D eigenvalue weighted by molar-refractivity contribution is 5.78. The molecule has 1 aliphatic rings. The van der Waals surface area contributed by atoms with Gasteiger partial charge in [-0.05, 0) is 12.1 Å². The van der Waals surface area contributed by atoms with Gasteiger partial charge in [-0.15, -0.1) is 0 Å². The molecule has 4 rings (SSSR count). The number of carbonyl (C=O) groups excluding carboxylic acids is 1. The Labute approximate surface area is 143 Å². The Morgan fingerprint density at radius 2 is 2.04 bits per heavy atom. The molecule has 1 amide bonds. The molecule has 0 aliphatic carbocycles. The Bertz CT molecular complexity index is 1030. The van der Waals surface area contributed by atoms with Crippen LogP contribution >= 0.6 is 0 Å². The highest BCUT2D eigenvalue weighted by Gasteiger charge is 2.24. The molecule has 2 N–H and O–H groups in total. The highest BCUT2D eigenvalue weighted by Crippen LogP contribution is 2.21. The van der Waals surface area contributed by atoms with E-state index < -0.39 is 0 Å². The molecule has 3 aromatic rings. The number of nitrogen functional groups attached to an aromatic ring is 1. The van der Waals surface area contributed by atoms with Crippen molar-refractivity contribution in [3.05, 3.63) is 58.4 Å². The summed E-state index contributed by atoms with van der Waals surface area (Å²) in [6, 6.07) is 7.17. The zero-order chi connectivity index (χ0) is 17.4. The van der Waals surface area contributed by atoms with Gasteiger partial charge in [0.25, 0.3) is 5.56 Å². The number of aryl methyl sites for hydroxylation is 1. The molecular formula is C17H16N6O2. The first-order valence-electron chi connectivity index (χ1n) is 7.94. The highest BCUT2D eigenvalue weighted by atomic mass is 16.2. The fourth-order valence-corrected chi connectivity index (χ4v) is 2.98. The molecule has 126 valence electrons. The average molecular weight is 336 g/mol. The van der Waals surface area contributed by atoms with Gasteiger partial charge in [0.15, 0.2) is 0 Å². The van der Waals surface area contributed by atoms with Crippen LogP contribution in [-0.4, -0.2) is 30.3 Å². The molecule has 3 heterocycles. The maximum absolute atomic E-state index is 12.5. The average Bonchev–Trinajstić information content (AvgIpc) is 3.04. The minimum Gasteiger partial charge on any atom is -0.368 e. The number of aromatic nitrogens is 4. The summed E-state index contributed by atoms with van der Waals surface area (Å²) in [6.07, 6.45) is 3.36. The van der Waals surface area contributed by atoms with E-state index in [0.717, 1.165) is 11.3 Å². The minimum absolute atomic E-state index is 0.0448. The van der Waals surface area contributed by atoms with Gasteiger partial charge < -0.3 is 10.6 Å². The molecule has 1 aliphatic heterocycles. The second-order valence-corrected chi connectivity index (χ2v) is 5.96. The Balaban J connectivity index is 1.46. The SMILES string of the molecule is Nc1ncc2c(n1)CN(C(=O)CCn1cnc3ccccc3c1=O)C2. The van der Waals surface area contributed by atoms with Crippen LogP contribution in [0.4, 0.5) is 5.95 Å². The summed E-state index contributed by atoms with van der Waals surface area (Å²) in [7, 11) is 0. The summed E-state index contributed by atoms with van der Waals surface area (Å²) in [4.78, 5) is 39.0. The van der Waals surface area contributed by atoms with E-state index in [4.69, 9.17) is 5.73 Å². The van der Waals surface area contributed by atoms with Crippen LogP contribution < -0.4 is 11.3 Å². The Morgan fingerprint density at radius 3 is 2.92 bits per heavy atom. The topological polar surface area (TPSA) is 107 Å². The third-order valence-electron chi connectivity index (χ3n) is 4.33. The summed E-state index contributed by atoms with van der Waals surface area (Å²) >= 11 is 0. The number of fused-ring (bicyclic) bond motifs is 2. The van der Waals surface area contributed by atoms with Crippen LogP contribution in [0, 0.1) is 0 Å². The van der Waals surface area contributed by atoms with Gasteiger partial charge in [0, 0.05) is 31.3 Å². The molecule has 0 fully saturated rings. The van der Waals surface area contributed by atoms with Gasteiger partial charge in [-0.25, -0.2) is 15.0 Å². The van der Waals surface area contributed by atoms with Crippen LogP contribution in [0.3, 0.4) is 0 Å². The number of anilines is 1. The molecule has 0 saturated heterocycles. The summed E-state index contributed by atoms with van der Waals surface area (Å²) in [5, 5.41) is 0.553. The van der Waals surface area contributed by atoms with Crippen LogP contribution in [0.5, 0.6) is 0 Å². The molecule has 0 atom stereocenters. The maximum atomic E-state index is 12.5. The zero-order valence-electron chi connectivity index (χ0n) is 13.4. The Kier molecular flexibility index (Phi) is 3.64. The van der Waals surface area contributed by atoms with Crippen molar-refractivity contribution >= 4 is 22.8 Å². The Morgan fingerprint density at radius 1 is 1.20 bits per heavy atom. The fourth-order valence-electron chi connectivity index (χ4n) is 2.98. The first kappa shape index (κ1) is 15.3. The van der Waals surface area contributed by atoms with E-state index in [0.29, 0.717) is 24.0 Å². The van der Waals surface area contributed by atoms with Crippen molar-refractivity contribution in [2.24, 2.45) is 0 Å². The van der Waals surface area contributed by atoms with Crippen molar-refractivity contribution in [3.63, 3.8) is 0 Å². The quantitative estimate of drug-likeness (QED) is 0.754. The summed E-state index contributed by atoms with van der Waals surface area (Å²) in [5.41, 5.74) is 7.79. The van der Waals surface area contributed by atoms with Crippen molar-refractivity contribution in [2.45, 2.75) is 26.1 Å². The summed E-state index contributed by atoms with van der Waals surface area (Å²) in [6.45, 7) is 1.18. The van der Waals surface area contributed by atoms with E-state index in [9.17, 15) is 9.59 Å². The summed E-state index contributed by atoms with van der Waals surface area (Å²) < 4.78 is 1.47. The third kappa shape index (κ3) is 2.82. The van der Waals surface area contributed by atoms with Crippen LogP contribution in [0.2, 0.25) is 0 Å². The molecule has 1 aromatic carbocycles. The van der Waals surface area contributed by atoms with Gasteiger partial charge in [-0.2, -0.15) is 0 Å². The zero-order valence-corrected chi connectivity index (χ0v) is 13.4. The lowest BCUT2D eigenvalue weighted by molar-refractivity contribution is -0.132. The van der Waals surface area contributed by atoms with Crippen molar-refractivity contribution < 1.29 is 4.79 Å². The maximum Gasteiger partial charge on any atom is 0.261 e. The number of nitrogens with zero attached hydrogens (tertiary/aromatic N) is 5. The van der Waals surface area contributed by atoms with Gasteiger partial charge in [-0.1, -0.05) is 12.1 Å². The molecule has 0 bridgehead atoms. The monoisotopic (exact) mass is 336 g/mol. The lowest BCUT2D eigenvalue weighted by atomic mass is 10.2. The van der Waals surface area contributed by atoms with Gasteiger partial charge >= 0.3 is 0 Å². The van der Waals surface area contributed by atoms with Gasteiger partial charge in [0.05, 0.1) is 29.5 Å². The van der Waals surface area contributed by atoms with Crippen LogP contribution in [0.1, 0.15) is 17.7 Å². The lowest BCUT2D eigenvalue weighted by Gasteiger charge is -2.15. The number of hydrogen-bond acceptors (Lipinski definition) is 6. The molecular weight excluding hydrogens is 320 g/mol. The minimum atomic E-state index is -0.137. The fraction of sp³-hybridized carbons (Fsp3) is 0.235. The van der Waals surface area contributed by atoms with Gasteiger partial charge in [-0.3, -0.25) is 14.2 Å². The van der Waals surface area contributed by atoms with E-state index in [2.05, 4.69) is 15.0 Å². The van der Waals surface area contributed by atoms with Gasteiger partial charge in [0.2, 0.25) is 11.9 Å². The second kappa shape index (κ2) is 5.97. The van der Waals surface area contributed by atoms with Crippen LogP contribution in [-0.2, 0) is 24.4 Å². The standard InChI is InChI=1S/C17H16N6O2/c18-17-19-7-11-8-23(9-14(11)21-17)15(24)5-6-22-10-20-13-4-2-1-3-12(13)16(22)25/h1-4,7,10H,5-6,8-9H2,(H2,18,19,21). The molecule has 2 aromatic heterocycles. The van der Waals surface area contributed by atoms with Crippen LogP contribution in [0.15, 0.2) is 41.6 Å². The molecule has 25 heavy (non-hydrogen) atoms. The predicted molar refractivity (Wildman–Crippen MR) is 91.3 cm³/mol. The summed E-state index contributed by atoms with van der Waals surface area (Å²) in [5.74, 6) is 0.165. The molecule has 8 nitrogen and oxygen atoms in total. The van der Waals surface area contributed by atoms with Crippen molar-refractivity contribution in [3.8, 4) is 0 Å². The van der Waals surface area contributed by atoms with Gasteiger partial charge in [0.1, 0.15) is 0 Å². The van der Waals surface area contributed by atoms with E-state index in [-0.39, 0.29) is 30.4 Å². The first-order chi connectivity index (χ1) is 12.1. The smallest absolute Gasteiger partial charge is 0.261 e. The number of benzene rings is 1. The molecule has 0 unspecified atom stereocenters. The Hall–Kier alpha value is -3.29. The first-order valence-corrected chi connectivity index (χ1v) is 7.94. The van der Waals surface area contributed by atoms with Crippen molar-refractivity contribution in [2.75, 3.05) is 5.73 Å². The number of para-hydroxylation sites is 1. The molecule has 0 saturated carbocycles. The number of hydrogen-bond donors (Lipinski definition) is 1. The molecule has 8 heteroatoms. The largest absolute Gasteiger partial charge is 0.368 e.